The summed E-state index contributed by atoms with van der Waals surface area (Å²) in [7, 11) is 0. The molecule has 4 rings (SSSR count). The first-order valence-corrected chi connectivity index (χ1v) is 10.1. The molecule has 1 saturated heterocycles. The summed E-state index contributed by atoms with van der Waals surface area (Å²) in [5.41, 5.74) is 2.92. The maximum absolute atomic E-state index is 14.1. The molecule has 1 aliphatic rings. The summed E-state index contributed by atoms with van der Waals surface area (Å²) >= 11 is 0. The van der Waals surface area contributed by atoms with Gasteiger partial charge in [-0.2, -0.15) is 0 Å². The molecule has 0 bridgehead atoms. The largest absolute Gasteiger partial charge is 0.490 e. The summed E-state index contributed by atoms with van der Waals surface area (Å²) in [4.78, 5) is 18.1. The van der Waals surface area contributed by atoms with Gasteiger partial charge in [-0.15, -0.1) is 0 Å². The Bertz CT molecular complexity index is 1030. The number of carbonyl (C=O) groups excluding carboxylic acids is 1. The first kappa shape index (κ1) is 19.5. The van der Waals surface area contributed by atoms with E-state index in [4.69, 9.17) is 4.74 Å². The number of likely N-dealkylation sites (tertiary alicyclic amines) is 1. The Morgan fingerprint density at radius 1 is 1.17 bits per heavy atom. The van der Waals surface area contributed by atoms with Gasteiger partial charge in [-0.3, -0.25) is 9.69 Å². The molecular formula is C24H25FN2O2. The van der Waals surface area contributed by atoms with Crippen molar-refractivity contribution in [1.29, 1.82) is 0 Å². The Balaban J connectivity index is 1.46. The zero-order valence-electron chi connectivity index (χ0n) is 16.8. The second kappa shape index (κ2) is 8.29. The average Bonchev–Trinajstić information content (AvgIpc) is 2.74. The average molecular weight is 392 g/mol. The highest BCUT2D eigenvalue weighted by Gasteiger charge is 2.26. The van der Waals surface area contributed by atoms with Crippen molar-refractivity contribution in [3.63, 3.8) is 0 Å². The first-order valence-electron chi connectivity index (χ1n) is 10.1. The van der Waals surface area contributed by atoms with Crippen LogP contribution >= 0.6 is 0 Å². The van der Waals surface area contributed by atoms with Crippen LogP contribution in [0.25, 0.3) is 10.9 Å². The first-order chi connectivity index (χ1) is 14.1. The molecule has 1 aliphatic heterocycles. The summed E-state index contributed by atoms with van der Waals surface area (Å²) in [5.74, 6) is 0.373. The van der Waals surface area contributed by atoms with Crippen molar-refractivity contribution < 1.29 is 13.9 Å². The van der Waals surface area contributed by atoms with Crippen molar-refractivity contribution in [2.45, 2.75) is 38.8 Å². The van der Waals surface area contributed by atoms with Gasteiger partial charge in [0.1, 0.15) is 29.5 Å². The van der Waals surface area contributed by atoms with Crippen molar-refractivity contribution in [1.82, 2.24) is 9.88 Å². The minimum Gasteiger partial charge on any atom is -0.490 e. The highest BCUT2D eigenvalue weighted by Crippen LogP contribution is 2.31. The van der Waals surface area contributed by atoms with E-state index in [1.54, 1.807) is 6.07 Å². The quantitative estimate of drug-likeness (QED) is 0.567. The molecule has 2 heterocycles. The third-order valence-electron chi connectivity index (χ3n) is 5.77. The van der Waals surface area contributed by atoms with Gasteiger partial charge in [0.2, 0.25) is 0 Å². The fourth-order valence-corrected chi connectivity index (χ4v) is 4.16. The Kier molecular flexibility index (Phi) is 5.58. The summed E-state index contributed by atoms with van der Waals surface area (Å²) in [5, 5.41) is 0.714. The lowest BCUT2D eigenvalue weighted by atomic mass is 9.98. The molecule has 3 aromatic rings. The summed E-state index contributed by atoms with van der Waals surface area (Å²) in [6.45, 7) is 5.77. The number of aryl methyl sites for hydroxylation is 1. The second-order valence-corrected chi connectivity index (χ2v) is 7.67. The van der Waals surface area contributed by atoms with E-state index in [1.165, 1.54) is 6.07 Å². The number of rotatable bonds is 5. The van der Waals surface area contributed by atoms with Crippen molar-refractivity contribution in [2.75, 3.05) is 13.1 Å². The highest BCUT2D eigenvalue weighted by atomic mass is 19.1. The van der Waals surface area contributed by atoms with Crippen molar-refractivity contribution in [3.05, 3.63) is 71.2 Å². The number of halogens is 1. The van der Waals surface area contributed by atoms with Gasteiger partial charge in [0.15, 0.2) is 0 Å². The molecule has 5 heteroatoms. The molecule has 0 radical (unpaired) electrons. The van der Waals surface area contributed by atoms with Crippen molar-refractivity contribution in [3.8, 4) is 5.75 Å². The van der Waals surface area contributed by atoms with Crippen LogP contribution in [0.2, 0.25) is 0 Å². The summed E-state index contributed by atoms with van der Waals surface area (Å²) < 4.78 is 20.4. The standard InChI is InChI=1S/C24H25FN2O2/c1-16-14-23(21-8-5-9-22(25)24(21)26-16)29-19-10-12-27(13-11-19)17(2)20-7-4-3-6-18(20)15-28/h3-9,14-15,17,19H,10-13H2,1-2H3. The van der Waals surface area contributed by atoms with Crippen LogP contribution in [0.5, 0.6) is 5.75 Å². The number of carbonyl (C=O) groups is 1. The highest BCUT2D eigenvalue weighted by molar-refractivity contribution is 5.85. The molecule has 1 fully saturated rings. The van der Waals surface area contributed by atoms with E-state index in [0.29, 0.717) is 16.7 Å². The van der Waals surface area contributed by atoms with E-state index >= 15 is 0 Å². The predicted octanol–water partition coefficient (Wildman–Crippen LogP) is 5.10. The van der Waals surface area contributed by atoms with Gasteiger partial charge in [0, 0.05) is 41.8 Å². The van der Waals surface area contributed by atoms with Crippen LogP contribution in [0.3, 0.4) is 0 Å². The number of aldehydes is 1. The monoisotopic (exact) mass is 392 g/mol. The molecule has 0 spiro atoms. The molecule has 0 N–H and O–H groups in total. The van der Waals surface area contributed by atoms with Crippen LogP contribution in [0.15, 0.2) is 48.5 Å². The van der Waals surface area contributed by atoms with E-state index in [1.807, 2.05) is 43.3 Å². The third kappa shape index (κ3) is 4.01. The SMILES string of the molecule is Cc1cc(OC2CCN(C(C)c3ccccc3C=O)CC2)c2cccc(F)c2n1. The van der Waals surface area contributed by atoms with E-state index in [2.05, 4.69) is 16.8 Å². The number of nitrogens with zero attached hydrogens (tertiary/aromatic N) is 2. The van der Waals surface area contributed by atoms with Gasteiger partial charge in [-0.1, -0.05) is 30.3 Å². The fourth-order valence-electron chi connectivity index (χ4n) is 4.16. The van der Waals surface area contributed by atoms with Gasteiger partial charge >= 0.3 is 0 Å². The van der Waals surface area contributed by atoms with Crippen LogP contribution in [0, 0.1) is 12.7 Å². The topological polar surface area (TPSA) is 42.4 Å². The zero-order chi connectivity index (χ0) is 20.4. The molecule has 0 saturated carbocycles. The molecule has 4 nitrogen and oxygen atoms in total. The maximum atomic E-state index is 14.1. The lowest BCUT2D eigenvalue weighted by Crippen LogP contribution is -2.39. The Morgan fingerprint density at radius 2 is 1.93 bits per heavy atom. The predicted molar refractivity (Wildman–Crippen MR) is 112 cm³/mol. The number of ether oxygens (including phenoxy) is 1. The van der Waals surface area contributed by atoms with Crippen LogP contribution in [-0.2, 0) is 0 Å². The van der Waals surface area contributed by atoms with Gasteiger partial charge in [0.25, 0.3) is 0 Å². The minimum atomic E-state index is -0.325. The number of para-hydroxylation sites is 1. The molecule has 1 aromatic heterocycles. The zero-order valence-corrected chi connectivity index (χ0v) is 16.8. The normalized spacial score (nSPS) is 16.7. The molecule has 0 aliphatic carbocycles. The Hall–Kier alpha value is -2.79. The molecule has 1 atom stereocenters. The Labute approximate surface area is 170 Å². The van der Waals surface area contributed by atoms with Gasteiger partial charge in [-0.05, 0) is 44.4 Å². The molecule has 1 unspecified atom stereocenters. The molecule has 150 valence electrons. The molecule has 2 aromatic carbocycles. The van der Waals surface area contributed by atoms with Gasteiger partial charge < -0.3 is 4.74 Å². The number of pyridine rings is 1. The van der Waals surface area contributed by atoms with E-state index < -0.39 is 0 Å². The van der Waals surface area contributed by atoms with Gasteiger partial charge in [0.05, 0.1) is 0 Å². The third-order valence-corrected chi connectivity index (χ3v) is 5.77. The van der Waals surface area contributed by atoms with E-state index in [0.717, 1.165) is 49.0 Å². The van der Waals surface area contributed by atoms with Crippen LogP contribution < -0.4 is 4.74 Å². The second-order valence-electron chi connectivity index (χ2n) is 7.67. The number of benzene rings is 2. The lowest BCUT2D eigenvalue weighted by Gasteiger charge is -2.36. The summed E-state index contributed by atoms with van der Waals surface area (Å²) in [6.07, 6.45) is 2.77. The van der Waals surface area contributed by atoms with E-state index in [9.17, 15) is 9.18 Å². The van der Waals surface area contributed by atoms with E-state index in [-0.39, 0.29) is 18.0 Å². The van der Waals surface area contributed by atoms with Crippen LogP contribution in [0.4, 0.5) is 4.39 Å². The van der Waals surface area contributed by atoms with Crippen LogP contribution in [0.1, 0.15) is 47.4 Å². The Morgan fingerprint density at radius 3 is 2.69 bits per heavy atom. The fraction of sp³-hybridized carbons (Fsp3) is 0.333. The number of fused-ring (bicyclic) bond motifs is 1. The maximum Gasteiger partial charge on any atom is 0.150 e. The number of piperidine rings is 1. The molecular weight excluding hydrogens is 367 g/mol. The number of hydrogen-bond acceptors (Lipinski definition) is 4. The summed E-state index contributed by atoms with van der Waals surface area (Å²) in [6, 6.07) is 14.8. The lowest BCUT2D eigenvalue weighted by molar-refractivity contribution is 0.0801. The number of aromatic nitrogens is 1. The minimum absolute atomic E-state index is 0.0769. The smallest absolute Gasteiger partial charge is 0.150 e. The number of hydrogen-bond donors (Lipinski definition) is 0. The molecule has 29 heavy (non-hydrogen) atoms. The van der Waals surface area contributed by atoms with Gasteiger partial charge in [-0.25, -0.2) is 9.37 Å². The van der Waals surface area contributed by atoms with Crippen molar-refractivity contribution >= 4 is 17.2 Å². The van der Waals surface area contributed by atoms with Crippen molar-refractivity contribution in [2.24, 2.45) is 0 Å². The van der Waals surface area contributed by atoms with Crippen LogP contribution in [-0.4, -0.2) is 35.4 Å². The molecule has 0 amide bonds.